The molecule has 0 amide bonds. The highest BCUT2D eigenvalue weighted by atomic mass is 32.1. The molecule has 0 fully saturated rings. The third-order valence-corrected chi connectivity index (χ3v) is 3.85. The van der Waals surface area contributed by atoms with Crippen molar-refractivity contribution < 1.29 is 10.2 Å². The predicted octanol–water partition coefficient (Wildman–Crippen LogP) is 2.54. The Morgan fingerprint density at radius 1 is 1.29 bits per heavy atom. The number of rotatable bonds is 4. The Bertz CT molecular complexity index is 478. The minimum absolute atomic E-state index is 0.154. The smallest absolute Gasteiger partial charge is 0.115 e. The lowest BCUT2D eigenvalue weighted by Gasteiger charge is -2.01. The lowest BCUT2D eigenvalue weighted by Crippen LogP contribution is -1.94. The fourth-order valence-electron chi connectivity index (χ4n) is 1.51. The molecule has 0 saturated carbocycles. The van der Waals surface area contributed by atoms with Gasteiger partial charge in [-0.3, -0.25) is 0 Å². The molecular formula is C13H15NO2S. The van der Waals surface area contributed by atoms with Gasteiger partial charge in [-0.05, 0) is 17.7 Å². The molecule has 0 radical (unpaired) electrons. The molecule has 90 valence electrons. The van der Waals surface area contributed by atoms with Gasteiger partial charge in [0.2, 0.25) is 0 Å². The molecule has 2 rings (SSSR count). The van der Waals surface area contributed by atoms with Crippen LogP contribution < -0.4 is 0 Å². The topological polar surface area (TPSA) is 53.4 Å². The van der Waals surface area contributed by atoms with E-state index in [2.05, 4.69) is 4.98 Å². The van der Waals surface area contributed by atoms with Crippen molar-refractivity contribution in [2.24, 2.45) is 0 Å². The summed E-state index contributed by atoms with van der Waals surface area (Å²) in [7, 11) is 0. The van der Waals surface area contributed by atoms with Crippen molar-refractivity contribution in [3.8, 4) is 5.75 Å². The zero-order valence-corrected chi connectivity index (χ0v) is 10.4. The minimum atomic E-state index is 0.154. The predicted molar refractivity (Wildman–Crippen MR) is 68.5 cm³/mol. The van der Waals surface area contributed by atoms with Gasteiger partial charge in [0.05, 0.1) is 11.6 Å². The molecule has 1 unspecified atom stereocenters. The van der Waals surface area contributed by atoms with Crippen LogP contribution in [0.25, 0.3) is 0 Å². The molecule has 2 aromatic rings. The Kier molecular flexibility index (Phi) is 3.76. The fourth-order valence-corrected chi connectivity index (χ4v) is 2.51. The van der Waals surface area contributed by atoms with Gasteiger partial charge >= 0.3 is 0 Å². The van der Waals surface area contributed by atoms with E-state index in [-0.39, 0.29) is 18.3 Å². The van der Waals surface area contributed by atoms with Gasteiger partial charge in [-0.1, -0.05) is 19.1 Å². The number of hydrogen-bond donors (Lipinski definition) is 2. The van der Waals surface area contributed by atoms with Crippen LogP contribution in [0.4, 0.5) is 0 Å². The lowest BCUT2D eigenvalue weighted by molar-refractivity contribution is 0.274. The third-order valence-electron chi connectivity index (χ3n) is 2.62. The maximum atomic E-state index is 9.19. The van der Waals surface area contributed by atoms with Crippen LogP contribution in [-0.4, -0.2) is 21.8 Å². The summed E-state index contributed by atoms with van der Waals surface area (Å²) >= 11 is 1.63. The zero-order valence-electron chi connectivity index (χ0n) is 9.63. The zero-order chi connectivity index (χ0) is 12.3. The molecule has 0 aliphatic rings. The Hall–Kier alpha value is -1.39. The molecule has 1 heterocycles. The fraction of sp³-hybridized carbons (Fsp3) is 0.308. The van der Waals surface area contributed by atoms with Crippen molar-refractivity contribution in [1.29, 1.82) is 0 Å². The van der Waals surface area contributed by atoms with Crippen molar-refractivity contribution in [2.45, 2.75) is 19.3 Å². The molecule has 1 aromatic heterocycles. The minimum Gasteiger partial charge on any atom is -0.508 e. The van der Waals surface area contributed by atoms with Crippen molar-refractivity contribution >= 4 is 11.3 Å². The first-order valence-corrected chi connectivity index (χ1v) is 6.34. The van der Waals surface area contributed by atoms with E-state index < -0.39 is 0 Å². The first-order valence-electron chi connectivity index (χ1n) is 5.52. The summed E-state index contributed by atoms with van der Waals surface area (Å²) in [5, 5.41) is 19.3. The van der Waals surface area contributed by atoms with E-state index in [4.69, 9.17) is 5.11 Å². The molecular weight excluding hydrogens is 234 g/mol. The second-order valence-corrected chi connectivity index (χ2v) is 5.23. The van der Waals surface area contributed by atoms with Crippen LogP contribution in [0.2, 0.25) is 0 Å². The molecule has 0 spiro atoms. The van der Waals surface area contributed by atoms with Crippen LogP contribution >= 0.6 is 11.3 Å². The molecule has 0 aliphatic carbocycles. The standard InChI is InChI=1S/C13H15NO2S/c1-9(8-15)12-7-14-13(17-12)6-10-2-4-11(16)5-3-10/h2-5,7,9,15-16H,6,8H2,1H3. The molecule has 0 saturated heterocycles. The summed E-state index contributed by atoms with van der Waals surface area (Å²) in [6, 6.07) is 7.15. The van der Waals surface area contributed by atoms with Crippen LogP contribution in [0.5, 0.6) is 5.75 Å². The molecule has 3 nitrogen and oxygen atoms in total. The van der Waals surface area contributed by atoms with Crippen molar-refractivity contribution in [1.82, 2.24) is 4.98 Å². The quantitative estimate of drug-likeness (QED) is 0.875. The van der Waals surface area contributed by atoms with E-state index >= 15 is 0 Å². The molecule has 17 heavy (non-hydrogen) atoms. The van der Waals surface area contributed by atoms with Crippen LogP contribution in [0, 0.1) is 0 Å². The number of aliphatic hydroxyl groups excluding tert-OH is 1. The highest BCUT2D eigenvalue weighted by Crippen LogP contribution is 2.24. The summed E-state index contributed by atoms with van der Waals surface area (Å²) in [5.41, 5.74) is 1.13. The largest absolute Gasteiger partial charge is 0.508 e. The number of nitrogens with zero attached hydrogens (tertiary/aromatic N) is 1. The van der Waals surface area contributed by atoms with Crippen LogP contribution in [0.15, 0.2) is 30.5 Å². The molecule has 0 bridgehead atoms. The number of phenolic OH excluding ortho intramolecular Hbond substituents is 1. The van der Waals surface area contributed by atoms with Gasteiger partial charge in [-0.2, -0.15) is 0 Å². The molecule has 0 aliphatic heterocycles. The first kappa shape index (κ1) is 12.1. The molecule has 2 N–H and O–H groups in total. The third kappa shape index (κ3) is 3.05. The number of aromatic hydroxyl groups is 1. The number of aromatic nitrogens is 1. The van der Waals surface area contributed by atoms with E-state index in [1.807, 2.05) is 25.3 Å². The van der Waals surface area contributed by atoms with Crippen LogP contribution in [-0.2, 0) is 6.42 Å². The van der Waals surface area contributed by atoms with E-state index in [0.717, 1.165) is 21.9 Å². The van der Waals surface area contributed by atoms with Crippen LogP contribution in [0.3, 0.4) is 0 Å². The lowest BCUT2D eigenvalue weighted by atomic mass is 10.1. The number of benzene rings is 1. The molecule has 1 atom stereocenters. The Balaban J connectivity index is 2.08. The SMILES string of the molecule is CC(CO)c1cnc(Cc2ccc(O)cc2)s1. The van der Waals surface area contributed by atoms with Crippen LogP contribution in [0.1, 0.15) is 28.3 Å². The maximum absolute atomic E-state index is 9.19. The average molecular weight is 249 g/mol. The second kappa shape index (κ2) is 5.29. The summed E-state index contributed by atoms with van der Waals surface area (Å²) in [5.74, 6) is 0.434. The highest BCUT2D eigenvalue weighted by molar-refractivity contribution is 7.11. The van der Waals surface area contributed by atoms with Gasteiger partial charge < -0.3 is 10.2 Å². The Morgan fingerprint density at radius 2 is 2.00 bits per heavy atom. The van der Waals surface area contributed by atoms with Gasteiger partial charge in [0.15, 0.2) is 0 Å². The van der Waals surface area contributed by atoms with E-state index in [1.54, 1.807) is 23.5 Å². The number of aliphatic hydroxyl groups is 1. The second-order valence-electron chi connectivity index (χ2n) is 4.08. The van der Waals surface area contributed by atoms with E-state index in [0.29, 0.717) is 0 Å². The van der Waals surface area contributed by atoms with E-state index in [1.165, 1.54) is 0 Å². The number of thiazole rings is 1. The Morgan fingerprint density at radius 3 is 2.65 bits per heavy atom. The maximum Gasteiger partial charge on any atom is 0.115 e. The summed E-state index contributed by atoms with van der Waals surface area (Å²) in [4.78, 5) is 5.46. The monoisotopic (exact) mass is 249 g/mol. The van der Waals surface area contributed by atoms with Gasteiger partial charge in [0, 0.05) is 23.4 Å². The van der Waals surface area contributed by atoms with Gasteiger partial charge in [-0.25, -0.2) is 4.98 Å². The summed E-state index contributed by atoms with van der Waals surface area (Å²) < 4.78 is 0. The van der Waals surface area contributed by atoms with Crippen molar-refractivity contribution in [2.75, 3.05) is 6.61 Å². The van der Waals surface area contributed by atoms with Crippen molar-refractivity contribution in [3.63, 3.8) is 0 Å². The van der Waals surface area contributed by atoms with Gasteiger partial charge in [-0.15, -0.1) is 11.3 Å². The number of hydrogen-bond acceptors (Lipinski definition) is 4. The normalized spacial score (nSPS) is 12.6. The molecule has 4 heteroatoms. The van der Waals surface area contributed by atoms with Crippen molar-refractivity contribution in [3.05, 3.63) is 45.9 Å². The first-order chi connectivity index (χ1) is 8.19. The number of phenols is 1. The highest BCUT2D eigenvalue weighted by Gasteiger charge is 2.09. The molecule has 1 aromatic carbocycles. The van der Waals surface area contributed by atoms with E-state index in [9.17, 15) is 5.11 Å². The summed E-state index contributed by atoms with van der Waals surface area (Å²) in [6.07, 6.45) is 2.60. The Labute approximate surface area is 104 Å². The van der Waals surface area contributed by atoms with Gasteiger partial charge in [0.25, 0.3) is 0 Å². The van der Waals surface area contributed by atoms with Gasteiger partial charge in [0.1, 0.15) is 5.75 Å². The average Bonchev–Trinajstić information content (AvgIpc) is 2.80. The summed E-state index contributed by atoms with van der Waals surface area (Å²) in [6.45, 7) is 2.14.